The summed E-state index contributed by atoms with van der Waals surface area (Å²) in [5, 5.41) is 0. The molecular formula is C8H9O2. The van der Waals surface area contributed by atoms with Crippen LogP contribution in [0.15, 0.2) is 23.1 Å². The van der Waals surface area contributed by atoms with Crippen molar-refractivity contribution in [2.45, 2.75) is 6.92 Å². The first-order chi connectivity index (χ1) is 4.84. The van der Waals surface area contributed by atoms with Gasteiger partial charge in [0.05, 0.1) is 6.61 Å². The molecule has 2 heteroatoms. The molecule has 0 fully saturated rings. The van der Waals surface area contributed by atoms with Crippen LogP contribution in [0.1, 0.15) is 12.7 Å². The molecule has 0 N–H and O–H groups in total. The van der Waals surface area contributed by atoms with Gasteiger partial charge in [0.1, 0.15) is 0 Å². The van der Waals surface area contributed by atoms with Gasteiger partial charge in [-0.3, -0.25) is 0 Å². The summed E-state index contributed by atoms with van der Waals surface area (Å²) in [7, 11) is 0. The van der Waals surface area contributed by atoms with Crippen molar-refractivity contribution in [3.8, 4) is 0 Å². The molecule has 0 aliphatic carbocycles. The number of hydrogen-bond acceptors (Lipinski definition) is 2. The first-order valence-electron chi connectivity index (χ1n) is 3.12. The van der Waals surface area contributed by atoms with Crippen LogP contribution in [0.5, 0.6) is 0 Å². The summed E-state index contributed by atoms with van der Waals surface area (Å²) < 4.78 is 9.98. The van der Waals surface area contributed by atoms with Crippen LogP contribution in [0, 0.1) is 6.26 Å². The van der Waals surface area contributed by atoms with Crippen molar-refractivity contribution in [2.24, 2.45) is 0 Å². The van der Waals surface area contributed by atoms with E-state index in [1.165, 1.54) is 0 Å². The zero-order chi connectivity index (χ0) is 7.40. The second kappa shape index (κ2) is 3.11. The Labute approximate surface area is 60.1 Å². The van der Waals surface area contributed by atoms with Crippen LogP contribution in [-0.2, 0) is 4.74 Å². The summed E-state index contributed by atoms with van der Waals surface area (Å²) in [6.45, 7) is 6.16. The highest BCUT2D eigenvalue weighted by atomic mass is 16.5. The maximum atomic E-state index is 5.08. The standard InChI is InChI=1S/C8H9O2/c1-3-9-7(2)8-5-4-6-10-8/h4-5H,2-3H2,1H3. The minimum Gasteiger partial charge on any atom is -0.491 e. The van der Waals surface area contributed by atoms with E-state index in [0.29, 0.717) is 18.1 Å². The summed E-state index contributed by atoms with van der Waals surface area (Å²) in [6, 6.07) is 3.44. The average Bonchev–Trinajstić information content (AvgIpc) is 2.38. The van der Waals surface area contributed by atoms with Crippen molar-refractivity contribution in [1.29, 1.82) is 0 Å². The summed E-state index contributed by atoms with van der Waals surface area (Å²) in [6.07, 6.45) is 2.55. The first kappa shape index (κ1) is 6.93. The summed E-state index contributed by atoms with van der Waals surface area (Å²) >= 11 is 0. The zero-order valence-corrected chi connectivity index (χ0v) is 5.89. The second-order valence-corrected chi connectivity index (χ2v) is 1.77. The molecule has 0 saturated carbocycles. The number of furan rings is 1. The van der Waals surface area contributed by atoms with Gasteiger partial charge in [-0.15, -0.1) is 0 Å². The molecule has 0 saturated heterocycles. The van der Waals surface area contributed by atoms with Gasteiger partial charge in [0.2, 0.25) is 0 Å². The highest BCUT2D eigenvalue weighted by molar-refractivity contribution is 5.51. The summed E-state index contributed by atoms with van der Waals surface area (Å²) in [5.41, 5.74) is 0. The normalized spacial score (nSPS) is 9.30. The Balaban J connectivity index is 2.59. The zero-order valence-electron chi connectivity index (χ0n) is 5.89. The molecule has 10 heavy (non-hydrogen) atoms. The van der Waals surface area contributed by atoms with E-state index in [2.05, 4.69) is 12.8 Å². The van der Waals surface area contributed by atoms with Crippen LogP contribution >= 0.6 is 0 Å². The fraction of sp³-hybridized carbons (Fsp3) is 0.250. The fourth-order valence-corrected chi connectivity index (χ4v) is 0.636. The van der Waals surface area contributed by atoms with E-state index in [1.54, 1.807) is 12.1 Å². The van der Waals surface area contributed by atoms with Gasteiger partial charge < -0.3 is 9.15 Å². The van der Waals surface area contributed by atoms with Crippen LogP contribution in [0.25, 0.3) is 5.76 Å². The maximum Gasteiger partial charge on any atom is 0.170 e. The lowest BCUT2D eigenvalue weighted by atomic mass is 10.4. The topological polar surface area (TPSA) is 22.4 Å². The van der Waals surface area contributed by atoms with Crippen LogP contribution in [0.4, 0.5) is 0 Å². The molecule has 0 unspecified atom stereocenters. The van der Waals surface area contributed by atoms with Crippen molar-refractivity contribution in [2.75, 3.05) is 6.61 Å². The van der Waals surface area contributed by atoms with Crippen LogP contribution < -0.4 is 0 Å². The SMILES string of the molecule is C=C(OCC)c1cc[c]o1. The van der Waals surface area contributed by atoms with Gasteiger partial charge in [0.25, 0.3) is 0 Å². The Morgan fingerprint density at radius 2 is 2.70 bits per heavy atom. The molecule has 2 nitrogen and oxygen atoms in total. The van der Waals surface area contributed by atoms with Gasteiger partial charge in [0, 0.05) is 0 Å². The predicted molar refractivity (Wildman–Crippen MR) is 38.2 cm³/mol. The molecule has 0 atom stereocenters. The largest absolute Gasteiger partial charge is 0.491 e. The monoisotopic (exact) mass is 137 g/mol. The van der Waals surface area contributed by atoms with Gasteiger partial charge in [0.15, 0.2) is 17.8 Å². The lowest BCUT2D eigenvalue weighted by Crippen LogP contribution is -1.86. The van der Waals surface area contributed by atoms with Crippen molar-refractivity contribution in [3.63, 3.8) is 0 Å². The van der Waals surface area contributed by atoms with Crippen LogP contribution in [-0.4, -0.2) is 6.61 Å². The highest BCUT2D eigenvalue weighted by Crippen LogP contribution is 2.12. The Bertz CT molecular complexity index is 199. The Hall–Kier alpha value is -1.18. The Morgan fingerprint density at radius 1 is 1.90 bits per heavy atom. The Kier molecular flexibility index (Phi) is 2.15. The van der Waals surface area contributed by atoms with Gasteiger partial charge in [-0.2, -0.15) is 0 Å². The van der Waals surface area contributed by atoms with E-state index in [1.807, 2.05) is 6.92 Å². The molecule has 0 aliphatic heterocycles. The molecule has 1 radical (unpaired) electrons. The lowest BCUT2D eigenvalue weighted by molar-refractivity contribution is 0.288. The molecule has 0 spiro atoms. The quantitative estimate of drug-likeness (QED) is 0.595. The van der Waals surface area contributed by atoms with E-state index < -0.39 is 0 Å². The predicted octanol–water partition coefficient (Wildman–Crippen LogP) is 2.09. The highest BCUT2D eigenvalue weighted by Gasteiger charge is 1.99. The van der Waals surface area contributed by atoms with E-state index >= 15 is 0 Å². The van der Waals surface area contributed by atoms with Crippen molar-refractivity contribution >= 4 is 5.76 Å². The van der Waals surface area contributed by atoms with Crippen molar-refractivity contribution in [3.05, 3.63) is 30.7 Å². The second-order valence-electron chi connectivity index (χ2n) is 1.77. The van der Waals surface area contributed by atoms with Gasteiger partial charge in [-0.05, 0) is 19.1 Å². The van der Waals surface area contributed by atoms with E-state index in [9.17, 15) is 0 Å². The third-order valence-corrected chi connectivity index (χ3v) is 1.07. The molecule has 0 bridgehead atoms. The first-order valence-corrected chi connectivity index (χ1v) is 3.12. The molecule has 0 aliphatic rings. The smallest absolute Gasteiger partial charge is 0.170 e. The third kappa shape index (κ3) is 1.41. The van der Waals surface area contributed by atoms with Crippen LogP contribution in [0.3, 0.4) is 0 Å². The fourth-order valence-electron chi connectivity index (χ4n) is 0.636. The minimum atomic E-state index is 0.559. The van der Waals surface area contributed by atoms with Crippen molar-refractivity contribution in [1.82, 2.24) is 0 Å². The minimum absolute atomic E-state index is 0.559. The molecule has 0 aromatic carbocycles. The van der Waals surface area contributed by atoms with Gasteiger partial charge in [-0.25, -0.2) is 0 Å². The number of rotatable bonds is 3. The van der Waals surface area contributed by atoms with E-state index in [4.69, 9.17) is 9.15 Å². The van der Waals surface area contributed by atoms with Gasteiger partial charge in [-0.1, -0.05) is 6.58 Å². The Morgan fingerprint density at radius 3 is 3.20 bits per heavy atom. The maximum absolute atomic E-state index is 5.08. The molecule has 1 aromatic rings. The summed E-state index contributed by atoms with van der Waals surface area (Å²) in [4.78, 5) is 0. The average molecular weight is 137 g/mol. The van der Waals surface area contributed by atoms with Gasteiger partial charge >= 0.3 is 0 Å². The van der Waals surface area contributed by atoms with Crippen LogP contribution in [0.2, 0.25) is 0 Å². The molecular weight excluding hydrogens is 128 g/mol. The van der Waals surface area contributed by atoms with Crippen molar-refractivity contribution < 1.29 is 9.15 Å². The molecule has 1 rings (SSSR count). The number of hydrogen-bond donors (Lipinski definition) is 0. The van der Waals surface area contributed by atoms with E-state index in [0.717, 1.165) is 0 Å². The molecule has 0 amide bonds. The van der Waals surface area contributed by atoms with E-state index in [-0.39, 0.29) is 0 Å². The number of ether oxygens (including phenoxy) is 1. The molecule has 1 heterocycles. The molecule has 53 valence electrons. The third-order valence-electron chi connectivity index (χ3n) is 1.07. The molecule has 1 aromatic heterocycles. The lowest BCUT2D eigenvalue weighted by Gasteiger charge is -2.00. The summed E-state index contributed by atoms with van der Waals surface area (Å²) in [5.74, 6) is 1.20.